The predicted octanol–water partition coefficient (Wildman–Crippen LogP) is 2.58. The maximum atomic E-state index is 14.1. The number of nitrogens with one attached hydrogen (secondary N) is 1. The van der Waals surface area contributed by atoms with E-state index in [-0.39, 0.29) is 17.1 Å². The molecule has 0 bridgehead atoms. The molecule has 2 aromatic rings. The summed E-state index contributed by atoms with van der Waals surface area (Å²) >= 11 is 3.45. The summed E-state index contributed by atoms with van der Waals surface area (Å²) in [6.07, 6.45) is -4.35. The van der Waals surface area contributed by atoms with Crippen molar-refractivity contribution in [1.29, 1.82) is 0 Å². The SMILES string of the molecule is Cc1c(C(F)(F)F)cnn(-c2cc(CNS(=O)O)c(Cl)cc2F)c1=O. The van der Waals surface area contributed by atoms with Crippen LogP contribution in [-0.2, 0) is 24.0 Å². The van der Waals surface area contributed by atoms with Crippen molar-refractivity contribution in [3.63, 3.8) is 0 Å². The summed E-state index contributed by atoms with van der Waals surface area (Å²) in [5.74, 6) is -0.993. The third kappa shape index (κ3) is 4.24. The van der Waals surface area contributed by atoms with Crippen molar-refractivity contribution < 1.29 is 26.3 Å². The van der Waals surface area contributed by atoms with E-state index in [9.17, 15) is 26.6 Å². The maximum absolute atomic E-state index is 14.1. The van der Waals surface area contributed by atoms with E-state index in [4.69, 9.17) is 16.2 Å². The molecule has 0 spiro atoms. The highest BCUT2D eigenvalue weighted by Gasteiger charge is 2.34. The summed E-state index contributed by atoms with van der Waals surface area (Å²) < 4.78 is 74.4. The zero-order chi connectivity index (χ0) is 18.9. The number of nitrogens with zero attached hydrogens (tertiary/aromatic N) is 2. The third-order valence-corrected chi connectivity index (χ3v) is 4.00. The monoisotopic (exact) mass is 399 g/mol. The van der Waals surface area contributed by atoms with E-state index < -0.39 is 45.6 Å². The fourth-order valence-electron chi connectivity index (χ4n) is 2.01. The number of alkyl halides is 3. The third-order valence-electron chi connectivity index (χ3n) is 3.26. The highest BCUT2D eigenvalue weighted by molar-refractivity contribution is 7.77. The summed E-state index contributed by atoms with van der Waals surface area (Å²) in [4.78, 5) is 12.1. The van der Waals surface area contributed by atoms with Crippen molar-refractivity contribution in [1.82, 2.24) is 14.5 Å². The van der Waals surface area contributed by atoms with Gasteiger partial charge in [-0.25, -0.2) is 13.3 Å². The average Bonchev–Trinajstić information content (AvgIpc) is 2.48. The standard InChI is InChI=1S/C13H10ClF4N3O3S/c1-6-8(13(16,17)18)5-19-21(12(6)22)11-2-7(4-20-25(23)24)9(14)3-10(11)15/h2-3,5,20H,4H2,1H3,(H,23,24). The van der Waals surface area contributed by atoms with Crippen molar-refractivity contribution in [3.8, 4) is 5.69 Å². The summed E-state index contributed by atoms with van der Waals surface area (Å²) in [7, 11) is 0. The summed E-state index contributed by atoms with van der Waals surface area (Å²) in [5, 5.41) is 3.27. The zero-order valence-corrected chi connectivity index (χ0v) is 14.0. The molecule has 0 saturated carbocycles. The predicted molar refractivity (Wildman–Crippen MR) is 82.2 cm³/mol. The van der Waals surface area contributed by atoms with Crippen LogP contribution in [0, 0.1) is 12.7 Å². The Kier molecular flexibility index (Phi) is 5.62. The Balaban J connectivity index is 2.59. The van der Waals surface area contributed by atoms with Crippen LogP contribution >= 0.6 is 11.6 Å². The second kappa shape index (κ2) is 7.20. The molecule has 0 aliphatic heterocycles. The Hall–Kier alpha value is -1.82. The van der Waals surface area contributed by atoms with Crippen LogP contribution in [0.2, 0.25) is 5.02 Å². The van der Waals surface area contributed by atoms with Gasteiger partial charge in [-0.1, -0.05) is 11.6 Å². The van der Waals surface area contributed by atoms with Crippen LogP contribution in [0.3, 0.4) is 0 Å². The van der Waals surface area contributed by atoms with E-state index in [1.165, 1.54) is 0 Å². The molecule has 12 heteroatoms. The van der Waals surface area contributed by atoms with E-state index in [1.807, 2.05) is 0 Å². The first-order valence-electron chi connectivity index (χ1n) is 6.51. The molecule has 0 fully saturated rings. The second-order valence-corrected chi connectivity index (χ2v) is 6.06. The van der Waals surface area contributed by atoms with Gasteiger partial charge in [-0.05, 0) is 24.6 Å². The molecule has 0 aliphatic rings. The fraction of sp³-hybridized carbons (Fsp3) is 0.231. The molecule has 1 unspecified atom stereocenters. The number of hydrogen-bond acceptors (Lipinski definition) is 3. The summed E-state index contributed by atoms with van der Waals surface area (Å²) in [6, 6.07) is 1.88. The molecule has 1 aromatic heterocycles. The largest absolute Gasteiger partial charge is 0.418 e. The molecule has 0 aliphatic carbocycles. The summed E-state index contributed by atoms with van der Waals surface area (Å²) in [6.45, 7) is 0.706. The topological polar surface area (TPSA) is 84.2 Å². The van der Waals surface area contributed by atoms with Gasteiger partial charge in [-0.2, -0.15) is 23.0 Å². The average molecular weight is 400 g/mol. The Morgan fingerprint density at radius 3 is 2.60 bits per heavy atom. The van der Waals surface area contributed by atoms with E-state index in [2.05, 4.69) is 9.82 Å². The number of halogens is 5. The van der Waals surface area contributed by atoms with Crippen LogP contribution in [0.25, 0.3) is 5.69 Å². The quantitative estimate of drug-likeness (QED) is 0.611. The molecule has 2 N–H and O–H groups in total. The van der Waals surface area contributed by atoms with Crippen LogP contribution in [-0.4, -0.2) is 18.5 Å². The number of aromatic nitrogens is 2. The fourth-order valence-corrected chi connectivity index (χ4v) is 2.51. The molecule has 0 radical (unpaired) electrons. The van der Waals surface area contributed by atoms with Gasteiger partial charge in [0, 0.05) is 17.1 Å². The van der Waals surface area contributed by atoms with Gasteiger partial charge in [-0.15, -0.1) is 0 Å². The van der Waals surface area contributed by atoms with Crippen LogP contribution in [0.1, 0.15) is 16.7 Å². The molecule has 1 atom stereocenters. The Labute approximate surface area is 145 Å². The first-order chi connectivity index (χ1) is 11.5. The van der Waals surface area contributed by atoms with E-state index in [1.54, 1.807) is 0 Å². The van der Waals surface area contributed by atoms with Crippen molar-refractivity contribution >= 4 is 22.9 Å². The number of benzene rings is 1. The van der Waals surface area contributed by atoms with E-state index >= 15 is 0 Å². The van der Waals surface area contributed by atoms with Gasteiger partial charge in [0.15, 0.2) is 5.82 Å². The lowest BCUT2D eigenvalue weighted by atomic mass is 10.1. The smallest absolute Gasteiger partial charge is 0.294 e. The van der Waals surface area contributed by atoms with Crippen LogP contribution in [0.15, 0.2) is 23.1 Å². The van der Waals surface area contributed by atoms with Gasteiger partial charge in [0.1, 0.15) is 5.69 Å². The first-order valence-corrected chi connectivity index (χ1v) is 7.99. The molecule has 136 valence electrons. The van der Waals surface area contributed by atoms with Crippen molar-refractivity contribution in [2.75, 3.05) is 0 Å². The molecule has 1 aromatic carbocycles. The van der Waals surface area contributed by atoms with Gasteiger partial charge in [0.05, 0.1) is 11.8 Å². The van der Waals surface area contributed by atoms with Crippen molar-refractivity contribution in [3.05, 3.63) is 56.2 Å². The van der Waals surface area contributed by atoms with E-state index in [0.717, 1.165) is 19.1 Å². The highest BCUT2D eigenvalue weighted by atomic mass is 35.5. The van der Waals surface area contributed by atoms with Gasteiger partial charge >= 0.3 is 6.18 Å². The highest BCUT2D eigenvalue weighted by Crippen LogP contribution is 2.30. The minimum Gasteiger partial charge on any atom is -0.294 e. The minimum atomic E-state index is -4.77. The maximum Gasteiger partial charge on any atom is 0.418 e. The molecule has 1 heterocycles. The Morgan fingerprint density at radius 2 is 2.04 bits per heavy atom. The van der Waals surface area contributed by atoms with Gasteiger partial charge in [-0.3, -0.25) is 9.35 Å². The van der Waals surface area contributed by atoms with Gasteiger partial charge in [0.25, 0.3) is 5.56 Å². The lowest BCUT2D eigenvalue weighted by Gasteiger charge is -2.13. The lowest BCUT2D eigenvalue weighted by Crippen LogP contribution is -2.28. The molecule has 0 saturated heterocycles. The number of hydrogen-bond donors (Lipinski definition) is 2. The minimum absolute atomic E-state index is 0.101. The van der Waals surface area contributed by atoms with Crippen LogP contribution in [0.5, 0.6) is 0 Å². The van der Waals surface area contributed by atoms with Crippen LogP contribution in [0.4, 0.5) is 17.6 Å². The summed E-state index contributed by atoms with van der Waals surface area (Å²) in [5.41, 5.74) is -3.31. The van der Waals surface area contributed by atoms with E-state index in [0.29, 0.717) is 10.9 Å². The number of rotatable bonds is 4. The lowest BCUT2D eigenvalue weighted by molar-refractivity contribution is -0.138. The van der Waals surface area contributed by atoms with Crippen LogP contribution < -0.4 is 10.3 Å². The van der Waals surface area contributed by atoms with Crippen molar-refractivity contribution in [2.45, 2.75) is 19.6 Å². The molecule has 25 heavy (non-hydrogen) atoms. The van der Waals surface area contributed by atoms with Crippen molar-refractivity contribution in [2.24, 2.45) is 0 Å². The Morgan fingerprint density at radius 1 is 1.40 bits per heavy atom. The molecule has 2 rings (SSSR count). The molecular formula is C13H10ClF4N3O3S. The van der Waals surface area contributed by atoms with Gasteiger partial charge < -0.3 is 0 Å². The molecular weight excluding hydrogens is 390 g/mol. The normalized spacial score (nSPS) is 13.1. The Bertz CT molecular complexity index is 901. The molecule has 0 amide bonds. The van der Waals surface area contributed by atoms with Gasteiger partial charge in [0.2, 0.25) is 11.3 Å². The molecule has 6 nitrogen and oxygen atoms in total. The zero-order valence-electron chi connectivity index (χ0n) is 12.4. The second-order valence-electron chi connectivity index (χ2n) is 4.86. The first kappa shape index (κ1) is 19.5.